The molecule has 0 amide bonds. The number of thioether (sulfide) groups is 1. The summed E-state index contributed by atoms with van der Waals surface area (Å²) in [6.07, 6.45) is 7.34. The largest absolute Gasteiger partial charge is 0.508 e. The van der Waals surface area contributed by atoms with Gasteiger partial charge in [0, 0.05) is 11.6 Å². The van der Waals surface area contributed by atoms with Crippen molar-refractivity contribution in [3.63, 3.8) is 0 Å². The van der Waals surface area contributed by atoms with Gasteiger partial charge in [0.05, 0.1) is 6.04 Å². The average molecular weight is 281 g/mol. The highest BCUT2D eigenvalue weighted by molar-refractivity contribution is 7.98. The van der Waals surface area contributed by atoms with Crippen LogP contribution in [0.4, 0.5) is 0 Å². The van der Waals surface area contributed by atoms with Crippen LogP contribution in [0, 0.1) is 0 Å². The molecular weight excluding hydrogens is 258 g/mol. The SMILES string of the molecule is CSCCCCCCNC1COc2cc(O)ccc21. The van der Waals surface area contributed by atoms with Crippen LogP contribution in [0.25, 0.3) is 0 Å². The normalized spacial score (nSPS) is 17.2. The van der Waals surface area contributed by atoms with E-state index < -0.39 is 0 Å². The molecule has 0 saturated heterocycles. The number of hydrogen-bond acceptors (Lipinski definition) is 4. The molecule has 0 spiro atoms. The molecule has 106 valence electrons. The fourth-order valence-corrected chi connectivity index (χ4v) is 2.86. The Kier molecular flexibility index (Phi) is 5.86. The molecule has 0 radical (unpaired) electrons. The van der Waals surface area contributed by atoms with Crippen LogP contribution in [-0.4, -0.2) is 30.3 Å². The molecule has 2 rings (SSSR count). The molecule has 1 aliphatic rings. The molecular formula is C15H23NO2S. The van der Waals surface area contributed by atoms with Gasteiger partial charge in [0.2, 0.25) is 0 Å². The number of ether oxygens (including phenoxy) is 1. The first-order valence-corrected chi connectivity index (χ1v) is 8.38. The summed E-state index contributed by atoms with van der Waals surface area (Å²) in [6, 6.07) is 5.65. The van der Waals surface area contributed by atoms with Gasteiger partial charge in [0.1, 0.15) is 18.1 Å². The highest BCUT2D eigenvalue weighted by Gasteiger charge is 2.23. The standard InChI is InChI=1S/C15H23NO2S/c1-19-9-5-3-2-4-8-16-14-11-18-15-10-12(17)6-7-13(14)15/h6-7,10,14,16-17H,2-5,8-9,11H2,1H3. The van der Waals surface area contributed by atoms with Gasteiger partial charge in [-0.3, -0.25) is 0 Å². The number of phenolic OH excluding ortho intramolecular Hbond substituents is 1. The van der Waals surface area contributed by atoms with Gasteiger partial charge in [-0.25, -0.2) is 0 Å². The fourth-order valence-electron chi connectivity index (χ4n) is 2.37. The van der Waals surface area contributed by atoms with Crippen LogP contribution in [-0.2, 0) is 0 Å². The van der Waals surface area contributed by atoms with Gasteiger partial charge in [-0.1, -0.05) is 12.8 Å². The number of nitrogens with one attached hydrogen (secondary N) is 1. The van der Waals surface area contributed by atoms with E-state index in [2.05, 4.69) is 11.6 Å². The average Bonchev–Trinajstić information content (AvgIpc) is 2.80. The molecule has 1 aromatic rings. The molecule has 1 aliphatic heterocycles. The third-order valence-corrected chi connectivity index (χ3v) is 4.14. The van der Waals surface area contributed by atoms with Crippen LogP contribution < -0.4 is 10.1 Å². The molecule has 0 bridgehead atoms. The Morgan fingerprint density at radius 3 is 3.00 bits per heavy atom. The van der Waals surface area contributed by atoms with Crippen molar-refractivity contribution in [3.8, 4) is 11.5 Å². The van der Waals surface area contributed by atoms with Crippen LogP contribution in [0.3, 0.4) is 0 Å². The molecule has 0 saturated carbocycles. The first-order valence-electron chi connectivity index (χ1n) is 6.99. The first kappa shape index (κ1) is 14.5. The number of benzene rings is 1. The predicted molar refractivity (Wildman–Crippen MR) is 81.2 cm³/mol. The monoisotopic (exact) mass is 281 g/mol. The summed E-state index contributed by atoms with van der Waals surface area (Å²) in [7, 11) is 0. The smallest absolute Gasteiger partial charge is 0.127 e. The molecule has 1 unspecified atom stereocenters. The quantitative estimate of drug-likeness (QED) is 0.717. The number of fused-ring (bicyclic) bond motifs is 1. The predicted octanol–water partition coefficient (Wildman–Crippen LogP) is 3.34. The van der Waals surface area contributed by atoms with Gasteiger partial charge in [-0.05, 0) is 43.5 Å². The van der Waals surface area contributed by atoms with Gasteiger partial charge in [-0.2, -0.15) is 11.8 Å². The van der Waals surface area contributed by atoms with E-state index in [0.29, 0.717) is 6.61 Å². The molecule has 1 aromatic carbocycles. The van der Waals surface area contributed by atoms with E-state index in [-0.39, 0.29) is 11.8 Å². The summed E-state index contributed by atoms with van der Waals surface area (Å²) < 4.78 is 5.58. The van der Waals surface area contributed by atoms with Gasteiger partial charge >= 0.3 is 0 Å². The Hall–Kier alpha value is -0.870. The minimum atomic E-state index is 0.271. The fraction of sp³-hybridized carbons (Fsp3) is 0.600. The Labute approximate surface area is 119 Å². The third kappa shape index (κ3) is 4.32. The lowest BCUT2D eigenvalue weighted by Crippen LogP contribution is -2.23. The van der Waals surface area contributed by atoms with Crippen LogP contribution >= 0.6 is 11.8 Å². The number of unbranched alkanes of at least 4 members (excludes halogenated alkanes) is 3. The van der Waals surface area contributed by atoms with E-state index in [1.54, 1.807) is 12.1 Å². The number of phenols is 1. The van der Waals surface area contributed by atoms with Gasteiger partial charge in [0.25, 0.3) is 0 Å². The van der Waals surface area contributed by atoms with Crippen molar-refractivity contribution in [3.05, 3.63) is 23.8 Å². The molecule has 19 heavy (non-hydrogen) atoms. The van der Waals surface area contributed by atoms with Crippen molar-refractivity contribution >= 4 is 11.8 Å². The number of rotatable bonds is 8. The number of aromatic hydroxyl groups is 1. The second-order valence-corrected chi connectivity index (χ2v) is 5.93. The zero-order valence-corrected chi connectivity index (χ0v) is 12.3. The first-order chi connectivity index (χ1) is 9.31. The van der Waals surface area contributed by atoms with Crippen molar-refractivity contribution in [2.75, 3.05) is 25.2 Å². The maximum Gasteiger partial charge on any atom is 0.127 e. The Bertz CT molecular complexity index is 398. The highest BCUT2D eigenvalue weighted by Crippen LogP contribution is 2.34. The molecule has 1 atom stereocenters. The van der Waals surface area contributed by atoms with Crippen molar-refractivity contribution in [1.82, 2.24) is 5.32 Å². The Balaban J connectivity index is 1.66. The van der Waals surface area contributed by atoms with Crippen LogP contribution in [0.15, 0.2) is 18.2 Å². The second kappa shape index (κ2) is 7.65. The molecule has 0 fully saturated rings. The highest BCUT2D eigenvalue weighted by atomic mass is 32.2. The van der Waals surface area contributed by atoms with E-state index in [4.69, 9.17) is 4.74 Å². The number of hydrogen-bond donors (Lipinski definition) is 2. The summed E-state index contributed by atoms with van der Waals surface area (Å²) in [5.41, 5.74) is 1.17. The second-order valence-electron chi connectivity index (χ2n) is 4.95. The lowest BCUT2D eigenvalue weighted by atomic mass is 10.1. The summed E-state index contributed by atoms with van der Waals surface area (Å²) in [4.78, 5) is 0. The minimum Gasteiger partial charge on any atom is -0.508 e. The lowest BCUT2D eigenvalue weighted by Gasteiger charge is -2.11. The maximum atomic E-state index is 9.40. The molecule has 0 aromatic heterocycles. The Morgan fingerprint density at radius 2 is 2.16 bits per heavy atom. The van der Waals surface area contributed by atoms with Crippen molar-refractivity contribution in [1.29, 1.82) is 0 Å². The van der Waals surface area contributed by atoms with Crippen LogP contribution in [0.2, 0.25) is 0 Å². The molecule has 0 aliphatic carbocycles. The van der Waals surface area contributed by atoms with E-state index >= 15 is 0 Å². The topological polar surface area (TPSA) is 41.5 Å². The third-order valence-electron chi connectivity index (χ3n) is 3.44. The molecule has 2 N–H and O–H groups in total. The van der Waals surface area contributed by atoms with Gasteiger partial charge in [0.15, 0.2) is 0 Å². The van der Waals surface area contributed by atoms with Crippen LogP contribution in [0.5, 0.6) is 11.5 Å². The van der Waals surface area contributed by atoms with E-state index in [1.807, 2.05) is 17.8 Å². The van der Waals surface area contributed by atoms with Crippen molar-refractivity contribution < 1.29 is 9.84 Å². The Morgan fingerprint density at radius 1 is 1.32 bits per heavy atom. The zero-order chi connectivity index (χ0) is 13.5. The van der Waals surface area contributed by atoms with E-state index in [1.165, 1.54) is 37.0 Å². The minimum absolute atomic E-state index is 0.271. The molecule has 4 heteroatoms. The summed E-state index contributed by atoms with van der Waals surface area (Å²) in [5.74, 6) is 2.37. The van der Waals surface area contributed by atoms with E-state index in [9.17, 15) is 5.11 Å². The summed E-state index contributed by atoms with van der Waals surface area (Å²) in [6.45, 7) is 1.71. The van der Waals surface area contributed by atoms with Gasteiger partial charge in [-0.15, -0.1) is 0 Å². The molecule has 3 nitrogen and oxygen atoms in total. The van der Waals surface area contributed by atoms with Gasteiger partial charge < -0.3 is 15.2 Å². The lowest BCUT2D eigenvalue weighted by molar-refractivity contribution is 0.309. The van der Waals surface area contributed by atoms with Crippen LogP contribution in [0.1, 0.15) is 37.3 Å². The summed E-state index contributed by atoms with van der Waals surface area (Å²) >= 11 is 1.93. The zero-order valence-electron chi connectivity index (χ0n) is 11.5. The molecule has 1 heterocycles. The van der Waals surface area contributed by atoms with E-state index in [0.717, 1.165) is 12.3 Å². The van der Waals surface area contributed by atoms with Crippen molar-refractivity contribution in [2.45, 2.75) is 31.7 Å². The van der Waals surface area contributed by atoms with Crippen molar-refractivity contribution in [2.24, 2.45) is 0 Å². The summed E-state index contributed by atoms with van der Waals surface area (Å²) in [5, 5.41) is 12.9. The maximum absolute atomic E-state index is 9.40.